The number of carbonyl (C=O) groups is 1. The van der Waals surface area contributed by atoms with Gasteiger partial charge in [0.05, 0.1) is 6.04 Å². The van der Waals surface area contributed by atoms with Crippen LogP contribution in [0.1, 0.15) is 43.5 Å². The Labute approximate surface area is 162 Å². The smallest absolute Gasteiger partial charge is 0.418 e. The molecule has 0 aromatic carbocycles. The Morgan fingerprint density at radius 2 is 2.04 bits per heavy atom. The molecule has 0 unspecified atom stereocenters. The first-order valence-corrected chi connectivity index (χ1v) is 10.8. The van der Waals surface area contributed by atoms with Gasteiger partial charge in [0.1, 0.15) is 6.04 Å². The summed E-state index contributed by atoms with van der Waals surface area (Å²) in [6, 6.07) is -1.02. The Morgan fingerprint density at radius 3 is 2.79 bits per heavy atom. The Balaban J connectivity index is 1.34. The molecular weight excluding hydrogens is 392 g/mol. The molecule has 0 spiro atoms. The van der Waals surface area contributed by atoms with E-state index in [1.165, 1.54) is 4.90 Å². The van der Waals surface area contributed by atoms with Crippen molar-refractivity contribution in [1.29, 1.82) is 0 Å². The minimum atomic E-state index is -4.76. The zero-order valence-corrected chi connectivity index (χ0v) is 16.1. The quantitative estimate of drug-likeness (QED) is 0.502. The lowest BCUT2D eigenvalue weighted by atomic mass is 10.0. The fourth-order valence-corrected chi connectivity index (χ4v) is 4.39. The predicted octanol–water partition coefficient (Wildman–Crippen LogP) is -0.371. The highest BCUT2D eigenvalue weighted by molar-refractivity contribution is 7.80. The number of carbonyl (C=O) groups excluding carboxylic acids is 1. The fraction of sp³-hybridized carbons (Fsp3) is 0.800. The number of nitrogens with one attached hydrogen (secondary N) is 2. The first kappa shape index (κ1) is 19.5. The predicted molar refractivity (Wildman–Crippen MR) is 94.2 cm³/mol. The second-order valence-corrected chi connectivity index (χ2v) is 8.28. The monoisotopic (exact) mass is 416 g/mol. The number of urea groups is 1. The van der Waals surface area contributed by atoms with E-state index in [2.05, 4.69) is 25.1 Å². The maximum absolute atomic E-state index is 12.4. The summed E-state index contributed by atoms with van der Waals surface area (Å²) in [4.78, 5) is 13.9. The summed E-state index contributed by atoms with van der Waals surface area (Å²) < 4.78 is 41.0. The van der Waals surface area contributed by atoms with Gasteiger partial charge in [-0.05, 0) is 38.8 Å². The first-order chi connectivity index (χ1) is 13.4. The van der Waals surface area contributed by atoms with Crippen LogP contribution >= 0.6 is 0 Å². The highest BCUT2D eigenvalue weighted by Crippen LogP contribution is 2.38. The van der Waals surface area contributed by atoms with Crippen LogP contribution in [0.5, 0.6) is 0 Å². The minimum Gasteiger partial charge on any atom is -0.423 e. The number of hydroxylamine groups is 2. The van der Waals surface area contributed by atoms with Gasteiger partial charge < -0.3 is 20.0 Å². The molecule has 3 fully saturated rings. The molecule has 3 aliphatic heterocycles. The third-order valence-corrected chi connectivity index (χ3v) is 5.72. The molecular formula is C15H24N6O6S. The normalized spacial score (nSPS) is 26.2. The number of aromatic nitrogens is 2. The number of piperidine rings is 2. The van der Waals surface area contributed by atoms with Gasteiger partial charge in [0.25, 0.3) is 0 Å². The van der Waals surface area contributed by atoms with Crippen molar-refractivity contribution in [1.82, 2.24) is 30.8 Å². The summed E-state index contributed by atoms with van der Waals surface area (Å²) >= 11 is 0. The Bertz CT molecular complexity index is 810. The van der Waals surface area contributed by atoms with E-state index in [0.717, 1.165) is 32.5 Å². The molecule has 12 nitrogen and oxygen atoms in total. The summed E-state index contributed by atoms with van der Waals surface area (Å²) in [7, 11) is -4.76. The Kier molecular flexibility index (Phi) is 5.51. The van der Waals surface area contributed by atoms with Crippen molar-refractivity contribution in [2.45, 2.75) is 50.2 Å². The first-order valence-electron chi connectivity index (χ1n) is 9.44. The summed E-state index contributed by atoms with van der Waals surface area (Å²) in [6.07, 6.45) is 3.82. The average Bonchev–Trinajstić information content (AvgIpc) is 3.22. The lowest BCUT2D eigenvalue weighted by Crippen LogP contribution is -2.40. The molecule has 1 aromatic heterocycles. The molecule has 3 aliphatic rings. The summed E-state index contributed by atoms with van der Waals surface area (Å²) in [5.74, 6) is 0.827. The van der Waals surface area contributed by atoms with Crippen LogP contribution in [0.4, 0.5) is 4.79 Å². The maximum Gasteiger partial charge on any atom is 0.418 e. The van der Waals surface area contributed by atoms with Gasteiger partial charge in [-0.1, -0.05) is 0 Å². The summed E-state index contributed by atoms with van der Waals surface area (Å²) in [5.41, 5.74) is 0. The molecule has 156 valence electrons. The van der Waals surface area contributed by atoms with Gasteiger partial charge in [0.2, 0.25) is 11.8 Å². The van der Waals surface area contributed by atoms with Gasteiger partial charge in [0.15, 0.2) is 0 Å². The van der Waals surface area contributed by atoms with E-state index >= 15 is 0 Å². The van der Waals surface area contributed by atoms with Crippen molar-refractivity contribution in [3.63, 3.8) is 0 Å². The maximum atomic E-state index is 12.4. The number of nitrogens with zero attached hydrogens (tertiary/aromatic N) is 4. The van der Waals surface area contributed by atoms with E-state index in [9.17, 15) is 13.2 Å². The van der Waals surface area contributed by atoms with E-state index in [4.69, 9.17) is 8.97 Å². The van der Waals surface area contributed by atoms with Crippen LogP contribution < -0.4 is 10.6 Å². The number of rotatable bonds is 7. The van der Waals surface area contributed by atoms with Crippen molar-refractivity contribution >= 4 is 16.4 Å². The second kappa shape index (κ2) is 7.91. The van der Waals surface area contributed by atoms with Crippen molar-refractivity contribution < 1.29 is 26.5 Å². The number of hydrogen-bond donors (Lipinski definition) is 3. The third-order valence-electron chi connectivity index (χ3n) is 5.38. The molecule has 3 N–H and O–H groups in total. The third kappa shape index (κ3) is 4.27. The summed E-state index contributed by atoms with van der Waals surface area (Å²) in [6.45, 7) is 3.05. The van der Waals surface area contributed by atoms with Gasteiger partial charge in [-0.15, -0.1) is 14.5 Å². The largest absolute Gasteiger partial charge is 0.423 e. The Hall–Kier alpha value is -1.80. The van der Waals surface area contributed by atoms with E-state index < -0.39 is 28.5 Å². The molecule has 0 radical (unpaired) electrons. The van der Waals surface area contributed by atoms with Crippen LogP contribution in [0, 0.1) is 0 Å². The van der Waals surface area contributed by atoms with Crippen molar-refractivity contribution in [2.24, 2.45) is 0 Å². The lowest BCUT2D eigenvalue weighted by molar-refractivity contribution is -0.0317. The van der Waals surface area contributed by atoms with Crippen LogP contribution in [0.3, 0.4) is 0 Å². The fourth-order valence-electron chi connectivity index (χ4n) is 4.00. The molecule has 2 bridgehead atoms. The topological polar surface area (TPSA) is 150 Å². The highest BCUT2D eigenvalue weighted by atomic mass is 32.3. The van der Waals surface area contributed by atoms with Gasteiger partial charge in [-0.3, -0.25) is 4.55 Å². The SMILES string of the molecule is O=C1N2C[C@@H](CC[C@H]2c2nnc(CCNC3CCNCC3)o2)N1OS(=O)(=O)O. The molecule has 2 atom stereocenters. The highest BCUT2D eigenvalue weighted by Gasteiger charge is 2.49. The van der Waals surface area contributed by atoms with Crippen LogP contribution in [0.25, 0.3) is 0 Å². The lowest BCUT2D eigenvalue weighted by Gasteiger charge is -2.27. The molecule has 4 rings (SSSR count). The van der Waals surface area contributed by atoms with Crippen molar-refractivity contribution in [3.8, 4) is 0 Å². The molecule has 13 heteroatoms. The average molecular weight is 416 g/mol. The van der Waals surface area contributed by atoms with Gasteiger partial charge in [-0.2, -0.15) is 13.5 Å². The van der Waals surface area contributed by atoms with E-state index in [1.54, 1.807) is 0 Å². The number of hydrogen-bond acceptors (Lipinski definition) is 9. The molecule has 4 heterocycles. The molecule has 2 amide bonds. The standard InChI is InChI=1S/C15H24N6O6S/c22-15-20-9-11(21(15)27-28(23,24)25)1-2-12(20)14-19-18-13(26-14)5-8-17-10-3-6-16-7-4-10/h10-12,16-17H,1-9H2,(H,23,24,25)/t11-,12+/m1/s1. The minimum absolute atomic E-state index is 0.272. The molecule has 1 aromatic rings. The zero-order chi connectivity index (χ0) is 19.7. The van der Waals surface area contributed by atoms with Gasteiger partial charge >= 0.3 is 16.4 Å². The van der Waals surface area contributed by atoms with Crippen molar-refractivity contribution in [3.05, 3.63) is 11.8 Å². The van der Waals surface area contributed by atoms with Crippen LogP contribution in [-0.2, 0) is 21.1 Å². The summed E-state index contributed by atoms with van der Waals surface area (Å²) in [5, 5.41) is 15.7. The van der Waals surface area contributed by atoms with Gasteiger partial charge in [0, 0.05) is 25.6 Å². The molecule has 28 heavy (non-hydrogen) atoms. The Morgan fingerprint density at radius 1 is 1.25 bits per heavy atom. The van der Waals surface area contributed by atoms with Gasteiger partial charge in [-0.25, -0.2) is 4.79 Å². The number of amides is 2. The second-order valence-electron chi connectivity index (χ2n) is 7.27. The van der Waals surface area contributed by atoms with E-state index in [-0.39, 0.29) is 6.54 Å². The molecule has 0 saturated carbocycles. The van der Waals surface area contributed by atoms with Crippen LogP contribution in [0.15, 0.2) is 4.42 Å². The van der Waals surface area contributed by atoms with E-state index in [1.807, 2.05) is 0 Å². The zero-order valence-electron chi connectivity index (χ0n) is 15.3. The molecule has 0 aliphatic carbocycles. The molecule has 3 saturated heterocycles. The van der Waals surface area contributed by atoms with E-state index in [0.29, 0.717) is 42.1 Å². The van der Waals surface area contributed by atoms with Crippen molar-refractivity contribution in [2.75, 3.05) is 26.2 Å². The van der Waals surface area contributed by atoms with Crippen LogP contribution in [0.2, 0.25) is 0 Å². The number of fused-ring (bicyclic) bond motifs is 2. The van der Waals surface area contributed by atoms with Crippen LogP contribution in [-0.4, -0.2) is 77.4 Å².